The zero-order valence-corrected chi connectivity index (χ0v) is 20.6. The molecule has 0 bridgehead atoms. The molecule has 0 fully saturated rings. The molecule has 4 heteroatoms. The van der Waals surface area contributed by atoms with E-state index in [4.69, 9.17) is 4.74 Å². The topological polar surface area (TPSA) is 41.6 Å². The molecule has 170 valence electrons. The molecule has 1 amide bonds. The van der Waals surface area contributed by atoms with Gasteiger partial charge in [-0.05, 0) is 68.9 Å². The molecule has 1 N–H and O–H groups in total. The highest BCUT2D eigenvalue weighted by atomic mass is 16.5. The SMILES string of the molecule is CCCc1ccc(CCC)c(/C(C2=CC=CN(C)C2OC)=C(\C)C(=O)NC(C)(C)C)c1. The van der Waals surface area contributed by atoms with Crippen molar-refractivity contribution in [3.63, 3.8) is 0 Å². The van der Waals surface area contributed by atoms with Crippen LogP contribution < -0.4 is 5.32 Å². The maximum Gasteiger partial charge on any atom is 0.247 e. The van der Waals surface area contributed by atoms with Crippen molar-refractivity contribution in [2.75, 3.05) is 14.2 Å². The molecule has 1 heterocycles. The van der Waals surface area contributed by atoms with Gasteiger partial charge in [-0.2, -0.15) is 0 Å². The third kappa shape index (κ3) is 6.33. The van der Waals surface area contributed by atoms with Crippen molar-refractivity contribution < 1.29 is 9.53 Å². The molecule has 1 atom stereocenters. The zero-order chi connectivity index (χ0) is 23.2. The predicted molar refractivity (Wildman–Crippen MR) is 131 cm³/mol. The first-order valence-electron chi connectivity index (χ1n) is 11.4. The fourth-order valence-electron chi connectivity index (χ4n) is 4.07. The van der Waals surface area contributed by atoms with E-state index in [1.807, 2.05) is 51.9 Å². The number of hydrogen-bond acceptors (Lipinski definition) is 3. The van der Waals surface area contributed by atoms with Gasteiger partial charge in [-0.3, -0.25) is 4.79 Å². The van der Waals surface area contributed by atoms with E-state index in [9.17, 15) is 4.79 Å². The largest absolute Gasteiger partial charge is 0.357 e. The Hall–Kier alpha value is -2.33. The number of likely N-dealkylation sites (N-methyl/N-ethyl adjacent to an activating group) is 1. The fourth-order valence-corrected chi connectivity index (χ4v) is 4.07. The van der Waals surface area contributed by atoms with Gasteiger partial charge in [0.2, 0.25) is 5.91 Å². The molecule has 1 aromatic rings. The van der Waals surface area contributed by atoms with Crippen LogP contribution in [0.1, 0.15) is 71.1 Å². The van der Waals surface area contributed by atoms with E-state index >= 15 is 0 Å². The van der Waals surface area contributed by atoms with Crippen molar-refractivity contribution in [3.05, 3.63) is 64.4 Å². The Morgan fingerprint density at radius 2 is 1.84 bits per heavy atom. The van der Waals surface area contributed by atoms with Gasteiger partial charge in [-0.15, -0.1) is 0 Å². The minimum Gasteiger partial charge on any atom is -0.357 e. The Kier molecular flexibility index (Phi) is 8.69. The van der Waals surface area contributed by atoms with Gasteiger partial charge in [0, 0.05) is 37.0 Å². The molecule has 0 radical (unpaired) electrons. The second-order valence-corrected chi connectivity index (χ2v) is 9.41. The lowest BCUT2D eigenvalue weighted by molar-refractivity contribution is -0.118. The van der Waals surface area contributed by atoms with E-state index in [1.54, 1.807) is 7.11 Å². The quantitative estimate of drug-likeness (QED) is 0.549. The molecule has 0 saturated heterocycles. The number of aryl methyl sites for hydroxylation is 2. The standard InChI is InChI=1S/C27H40N2O2/c1-9-12-20-15-16-21(13-10-2)23(18-20)24(19(3)25(30)28-27(4,5)6)22-14-11-17-29(7)26(22)31-8/h11,14-18,26H,9-10,12-13H2,1-8H3,(H,28,30)/b24-19+. The normalized spacial score (nSPS) is 17.4. The van der Waals surface area contributed by atoms with Gasteiger partial charge in [0.25, 0.3) is 0 Å². The fraction of sp³-hybridized carbons (Fsp3) is 0.519. The van der Waals surface area contributed by atoms with Gasteiger partial charge in [0.1, 0.15) is 0 Å². The van der Waals surface area contributed by atoms with E-state index in [1.165, 1.54) is 11.1 Å². The first-order chi connectivity index (χ1) is 14.6. The lowest BCUT2D eigenvalue weighted by Gasteiger charge is -2.33. The number of hydrogen-bond donors (Lipinski definition) is 1. The highest BCUT2D eigenvalue weighted by Gasteiger charge is 2.28. The van der Waals surface area contributed by atoms with Gasteiger partial charge < -0.3 is 15.0 Å². The summed E-state index contributed by atoms with van der Waals surface area (Å²) < 4.78 is 5.87. The van der Waals surface area contributed by atoms with Crippen LogP contribution in [0, 0.1) is 0 Å². The third-order valence-electron chi connectivity index (χ3n) is 5.45. The molecule has 1 aliphatic heterocycles. The van der Waals surface area contributed by atoms with Crippen molar-refractivity contribution in [3.8, 4) is 0 Å². The van der Waals surface area contributed by atoms with Gasteiger partial charge in [0.05, 0.1) is 0 Å². The van der Waals surface area contributed by atoms with E-state index < -0.39 is 0 Å². The molecular weight excluding hydrogens is 384 g/mol. The van der Waals surface area contributed by atoms with E-state index in [2.05, 4.69) is 43.4 Å². The maximum atomic E-state index is 13.3. The second kappa shape index (κ2) is 10.8. The van der Waals surface area contributed by atoms with Crippen LogP contribution in [0.15, 0.2) is 47.7 Å². The van der Waals surface area contributed by atoms with Crippen LogP contribution in [0.4, 0.5) is 0 Å². The number of benzene rings is 1. The highest BCUT2D eigenvalue weighted by Crippen LogP contribution is 2.36. The van der Waals surface area contributed by atoms with Crippen molar-refractivity contribution in [2.45, 2.75) is 79.0 Å². The lowest BCUT2D eigenvalue weighted by Crippen LogP contribution is -2.41. The molecule has 1 aromatic carbocycles. The molecule has 2 rings (SSSR count). The number of ether oxygens (including phenoxy) is 1. The van der Waals surface area contributed by atoms with Crippen molar-refractivity contribution >= 4 is 11.5 Å². The van der Waals surface area contributed by atoms with Crippen LogP contribution in [0.5, 0.6) is 0 Å². The lowest BCUT2D eigenvalue weighted by atomic mass is 9.85. The summed E-state index contributed by atoms with van der Waals surface area (Å²) in [5, 5.41) is 3.15. The van der Waals surface area contributed by atoms with Crippen molar-refractivity contribution in [1.82, 2.24) is 10.2 Å². The van der Waals surface area contributed by atoms with Crippen molar-refractivity contribution in [1.29, 1.82) is 0 Å². The Morgan fingerprint density at radius 3 is 2.42 bits per heavy atom. The number of methoxy groups -OCH3 is 1. The van der Waals surface area contributed by atoms with Gasteiger partial charge >= 0.3 is 0 Å². The number of rotatable bonds is 8. The Balaban J connectivity index is 2.78. The van der Waals surface area contributed by atoms with Crippen molar-refractivity contribution in [2.24, 2.45) is 0 Å². The van der Waals surface area contributed by atoms with Crippen LogP contribution in [-0.2, 0) is 22.4 Å². The predicted octanol–water partition coefficient (Wildman–Crippen LogP) is 5.64. The first kappa shape index (κ1) is 24.9. The summed E-state index contributed by atoms with van der Waals surface area (Å²) in [4.78, 5) is 15.3. The van der Waals surface area contributed by atoms with E-state index in [0.29, 0.717) is 0 Å². The minimum atomic E-state index is -0.307. The second-order valence-electron chi connectivity index (χ2n) is 9.41. The third-order valence-corrected chi connectivity index (χ3v) is 5.45. The molecular formula is C27H40N2O2. The van der Waals surface area contributed by atoms with E-state index in [-0.39, 0.29) is 17.7 Å². The van der Waals surface area contributed by atoms with Crippen LogP contribution in [0.2, 0.25) is 0 Å². The summed E-state index contributed by atoms with van der Waals surface area (Å²) >= 11 is 0. The Morgan fingerprint density at radius 1 is 1.16 bits per heavy atom. The van der Waals surface area contributed by atoms with Crippen LogP contribution >= 0.6 is 0 Å². The Labute approximate surface area is 189 Å². The van der Waals surface area contributed by atoms with Crippen LogP contribution in [-0.4, -0.2) is 36.7 Å². The summed E-state index contributed by atoms with van der Waals surface area (Å²) in [5.74, 6) is -0.0428. The molecule has 4 nitrogen and oxygen atoms in total. The molecule has 0 aliphatic carbocycles. The van der Waals surface area contributed by atoms with Crippen LogP contribution in [0.25, 0.3) is 5.57 Å². The number of nitrogens with zero attached hydrogens (tertiary/aromatic N) is 1. The summed E-state index contributed by atoms with van der Waals surface area (Å²) in [6.07, 6.45) is 9.98. The number of amides is 1. The Bertz CT molecular complexity index is 872. The smallest absolute Gasteiger partial charge is 0.247 e. The molecule has 31 heavy (non-hydrogen) atoms. The van der Waals surface area contributed by atoms with Gasteiger partial charge in [0.15, 0.2) is 6.23 Å². The molecule has 0 saturated carbocycles. The number of allylic oxidation sites excluding steroid dienone is 2. The van der Waals surface area contributed by atoms with Gasteiger partial charge in [-0.1, -0.05) is 51.0 Å². The maximum absolute atomic E-state index is 13.3. The van der Waals surface area contributed by atoms with E-state index in [0.717, 1.165) is 48.0 Å². The highest BCUT2D eigenvalue weighted by molar-refractivity contribution is 6.05. The summed E-state index contributed by atoms with van der Waals surface area (Å²) in [6.45, 7) is 12.4. The average Bonchev–Trinajstić information content (AvgIpc) is 2.69. The molecule has 0 aromatic heterocycles. The van der Waals surface area contributed by atoms with Gasteiger partial charge in [-0.25, -0.2) is 0 Å². The number of carbonyl (C=O) groups is 1. The van der Waals surface area contributed by atoms with Crippen LogP contribution in [0.3, 0.4) is 0 Å². The summed E-state index contributed by atoms with van der Waals surface area (Å²) in [5.41, 5.74) is 6.12. The minimum absolute atomic E-state index is 0.0428. The number of carbonyl (C=O) groups excluding carboxylic acids is 1. The monoisotopic (exact) mass is 424 g/mol. The number of nitrogens with one attached hydrogen (secondary N) is 1. The molecule has 1 unspecified atom stereocenters. The summed E-state index contributed by atoms with van der Waals surface area (Å²) in [7, 11) is 3.72. The zero-order valence-electron chi connectivity index (χ0n) is 20.6. The summed E-state index contributed by atoms with van der Waals surface area (Å²) in [6, 6.07) is 6.75. The molecule has 1 aliphatic rings. The average molecular weight is 425 g/mol. The first-order valence-corrected chi connectivity index (χ1v) is 11.4. The molecule has 0 spiro atoms.